The van der Waals surface area contributed by atoms with Crippen LogP contribution in [0.4, 0.5) is 15.0 Å². The maximum atomic E-state index is 14.9. The van der Waals surface area contributed by atoms with Crippen molar-refractivity contribution in [1.82, 2.24) is 14.7 Å². The van der Waals surface area contributed by atoms with E-state index in [1.54, 1.807) is 0 Å². The summed E-state index contributed by atoms with van der Waals surface area (Å²) in [4.78, 5) is 23.7. The lowest BCUT2D eigenvalue weighted by atomic mass is 9.83. The van der Waals surface area contributed by atoms with Crippen LogP contribution in [-0.2, 0) is 5.54 Å². The standard InChI is InChI=1S/C15H19FN6O3/c16-11-8-21(14(24)25)6-4-15(11,3-5-17)22-7-10(12(18)23)13(20-22)19-9-1-2-9/h7,9,11H,1-4,6,8H2,(H2,18,23)(H,19,20)(H,24,25). The number of rotatable bonds is 5. The Morgan fingerprint density at radius 2 is 2.28 bits per heavy atom. The number of piperidine rings is 1. The van der Waals surface area contributed by atoms with Crippen molar-refractivity contribution in [1.29, 1.82) is 5.26 Å². The third kappa shape index (κ3) is 3.09. The number of nitrogens with one attached hydrogen (secondary N) is 1. The summed E-state index contributed by atoms with van der Waals surface area (Å²) in [5.74, 6) is -0.417. The molecular weight excluding hydrogens is 331 g/mol. The van der Waals surface area contributed by atoms with Gasteiger partial charge in [0.1, 0.15) is 17.3 Å². The summed E-state index contributed by atoms with van der Waals surface area (Å²) in [6, 6.07) is 2.17. The van der Waals surface area contributed by atoms with Crippen molar-refractivity contribution in [2.45, 2.75) is 43.4 Å². The lowest BCUT2D eigenvalue weighted by Gasteiger charge is -2.42. The van der Waals surface area contributed by atoms with Gasteiger partial charge in [0, 0.05) is 18.8 Å². The van der Waals surface area contributed by atoms with Crippen molar-refractivity contribution in [2.24, 2.45) is 5.73 Å². The van der Waals surface area contributed by atoms with Crippen molar-refractivity contribution >= 4 is 17.8 Å². The van der Waals surface area contributed by atoms with E-state index in [0.717, 1.165) is 17.7 Å². The molecule has 1 saturated carbocycles. The lowest BCUT2D eigenvalue weighted by Crippen LogP contribution is -2.56. The lowest BCUT2D eigenvalue weighted by molar-refractivity contribution is 0.0143. The van der Waals surface area contributed by atoms with E-state index in [4.69, 9.17) is 10.8 Å². The van der Waals surface area contributed by atoms with Gasteiger partial charge in [-0.2, -0.15) is 10.4 Å². The number of nitrogens with two attached hydrogens (primary N) is 1. The highest BCUT2D eigenvalue weighted by Gasteiger charge is 2.47. The third-order valence-electron chi connectivity index (χ3n) is 4.79. The molecule has 10 heteroatoms. The van der Waals surface area contributed by atoms with Gasteiger partial charge < -0.3 is 21.1 Å². The van der Waals surface area contributed by atoms with Crippen LogP contribution in [0.1, 0.15) is 36.0 Å². The van der Waals surface area contributed by atoms with Crippen LogP contribution in [-0.4, -0.2) is 57.1 Å². The number of alkyl halides is 1. The van der Waals surface area contributed by atoms with Crippen LogP contribution in [0.3, 0.4) is 0 Å². The molecule has 3 rings (SSSR count). The Kier molecular flexibility index (Phi) is 4.24. The molecule has 2 atom stereocenters. The summed E-state index contributed by atoms with van der Waals surface area (Å²) in [6.45, 7) is -0.275. The third-order valence-corrected chi connectivity index (χ3v) is 4.79. The summed E-state index contributed by atoms with van der Waals surface area (Å²) in [5, 5.41) is 25.6. The molecule has 134 valence electrons. The maximum absolute atomic E-state index is 14.9. The highest BCUT2D eigenvalue weighted by Crippen LogP contribution is 2.37. The molecule has 1 aromatic rings. The Balaban J connectivity index is 1.96. The van der Waals surface area contributed by atoms with Crippen molar-refractivity contribution in [3.8, 4) is 6.07 Å². The number of anilines is 1. The van der Waals surface area contributed by atoms with Crippen LogP contribution in [0.5, 0.6) is 0 Å². The Labute approximate surface area is 143 Å². The van der Waals surface area contributed by atoms with Crippen LogP contribution < -0.4 is 11.1 Å². The number of hydrogen-bond acceptors (Lipinski definition) is 5. The summed E-state index contributed by atoms with van der Waals surface area (Å²) in [6.07, 6.45) is 0.310. The number of carbonyl (C=O) groups excluding carboxylic acids is 1. The zero-order valence-corrected chi connectivity index (χ0v) is 13.5. The van der Waals surface area contributed by atoms with Gasteiger partial charge in [0.25, 0.3) is 5.91 Å². The molecule has 2 heterocycles. The fourth-order valence-electron chi connectivity index (χ4n) is 3.10. The van der Waals surface area contributed by atoms with Gasteiger partial charge in [-0.25, -0.2) is 9.18 Å². The number of carboxylic acid groups (broad SMARTS) is 1. The molecule has 2 fully saturated rings. The van der Waals surface area contributed by atoms with E-state index in [1.807, 2.05) is 6.07 Å². The number of amides is 2. The molecule has 2 unspecified atom stereocenters. The molecule has 0 bridgehead atoms. The molecule has 1 aliphatic heterocycles. The maximum Gasteiger partial charge on any atom is 0.407 e. The highest BCUT2D eigenvalue weighted by molar-refractivity contribution is 5.97. The molecule has 0 spiro atoms. The Morgan fingerprint density at radius 3 is 2.80 bits per heavy atom. The number of likely N-dealkylation sites (tertiary alicyclic amines) is 1. The highest BCUT2D eigenvalue weighted by atomic mass is 19.1. The quantitative estimate of drug-likeness (QED) is 0.721. The predicted molar refractivity (Wildman–Crippen MR) is 84.7 cm³/mol. The van der Waals surface area contributed by atoms with Crippen molar-refractivity contribution in [3.63, 3.8) is 0 Å². The number of nitrogens with zero attached hydrogens (tertiary/aromatic N) is 4. The number of hydrogen-bond donors (Lipinski definition) is 3. The van der Waals surface area contributed by atoms with Crippen LogP contribution in [0, 0.1) is 11.3 Å². The monoisotopic (exact) mass is 350 g/mol. The fourth-order valence-corrected chi connectivity index (χ4v) is 3.10. The Bertz CT molecular complexity index is 740. The van der Waals surface area contributed by atoms with Gasteiger partial charge in [0.2, 0.25) is 0 Å². The molecular formula is C15H19FN6O3. The van der Waals surface area contributed by atoms with Crippen molar-refractivity contribution in [3.05, 3.63) is 11.8 Å². The minimum absolute atomic E-state index is 0.0780. The molecule has 9 nitrogen and oxygen atoms in total. The molecule has 25 heavy (non-hydrogen) atoms. The number of aromatic nitrogens is 2. The normalized spacial score (nSPS) is 26.1. The number of carbonyl (C=O) groups is 2. The smallest absolute Gasteiger partial charge is 0.407 e. The van der Waals surface area contributed by atoms with E-state index in [-0.39, 0.29) is 43.4 Å². The van der Waals surface area contributed by atoms with Crippen LogP contribution in [0.15, 0.2) is 6.20 Å². The van der Waals surface area contributed by atoms with Gasteiger partial charge in [0.15, 0.2) is 5.82 Å². The molecule has 2 aliphatic rings. The predicted octanol–water partition coefficient (Wildman–Crippen LogP) is 0.887. The number of primary amides is 1. The van der Waals surface area contributed by atoms with E-state index >= 15 is 0 Å². The van der Waals surface area contributed by atoms with E-state index in [2.05, 4.69) is 10.4 Å². The van der Waals surface area contributed by atoms with Gasteiger partial charge in [-0.05, 0) is 19.3 Å². The Morgan fingerprint density at radius 1 is 1.56 bits per heavy atom. The second-order valence-electron chi connectivity index (χ2n) is 6.50. The molecule has 1 saturated heterocycles. The van der Waals surface area contributed by atoms with Gasteiger partial charge in [-0.15, -0.1) is 0 Å². The number of nitriles is 1. The van der Waals surface area contributed by atoms with Gasteiger partial charge in [-0.3, -0.25) is 9.48 Å². The van der Waals surface area contributed by atoms with Gasteiger partial charge >= 0.3 is 6.09 Å². The minimum Gasteiger partial charge on any atom is -0.465 e. The van der Waals surface area contributed by atoms with Gasteiger partial charge in [0.05, 0.1) is 19.0 Å². The molecule has 2 amide bonds. The first-order chi connectivity index (χ1) is 11.9. The van der Waals surface area contributed by atoms with Crippen molar-refractivity contribution < 1.29 is 19.1 Å². The van der Waals surface area contributed by atoms with E-state index in [0.29, 0.717) is 0 Å². The summed E-state index contributed by atoms with van der Waals surface area (Å²) < 4.78 is 16.2. The first kappa shape index (κ1) is 17.0. The van der Waals surface area contributed by atoms with Crippen molar-refractivity contribution in [2.75, 3.05) is 18.4 Å². The fraction of sp³-hybridized carbons (Fsp3) is 0.600. The van der Waals surface area contributed by atoms with Crippen LogP contribution in [0.2, 0.25) is 0 Å². The second kappa shape index (κ2) is 6.23. The van der Waals surface area contributed by atoms with Crippen LogP contribution >= 0.6 is 0 Å². The summed E-state index contributed by atoms with van der Waals surface area (Å²) in [5.41, 5.74) is 4.20. The van der Waals surface area contributed by atoms with E-state index in [1.165, 1.54) is 10.9 Å². The SMILES string of the molecule is N#CCC1(n2cc(C(N)=O)c(NC3CC3)n2)CCN(C(=O)O)CC1F. The molecule has 0 radical (unpaired) electrons. The first-order valence-electron chi connectivity index (χ1n) is 8.03. The Hall–Kier alpha value is -2.83. The topological polar surface area (TPSA) is 137 Å². The van der Waals surface area contributed by atoms with Gasteiger partial charge in [-0.1, -0.05) is 0 Å². The van der Waals surface area contributed by atoms with Crippen LogP contribution in [0.25, 0.3) is 0 Å². The zero-order chi connectivity index (χ0) is 18.2. The summed E-state index contributed by atoms with van der Waals surface area (Å²) >= 11 is 0. The molecule has 0 aromatic carbocycles. The average Bonchev–Trinajstić information content (AvgIpc) is 3.25. The molecule has 4 N–H and O–H groups in total. The average molecular weight is 350 g/mol. The largest absolute Gasteiger partial charge is 0.465 e. The number of halogens is 1. The van der Waals surface area contributed by atoms with E-state index in [9.17, 15) is 19.2 Å². The second-order valence-corrected chi connectivity index (χ2v) is 6.50. The zero-order valence-electron chi connectivity index (χ0n) is 13.5. The summed E-state index contributed by atoms with van der Waals surface area (Å²) in [7, 11) is 0. The minimum atomic E-state index is -1.63. The van der Waals surface area contributed by atoms with E-state index < -0.39 is 23.7 Å². The first-order valence-corrected chi connectivity index (χ1v) is 8.03. The molecule has 1 aliphatic carbocycles. The molecule has 1 aromatic heterocycles.